The molecule has 0 aliphatic carbocycles. The maximum atomic E-state index is 13.3. The normalized spacial score (nSPS) is 35.2. The Balaban J connectivity index is 1.42. The van der Waals surface area contributed by atoms with Gasteiger partial charge in [0.1, 0.15) is 48.3 Å². The molecule has 306 valence electrons. The SMILES string of the molecule is COc1ccc(/C=C\C(=O)O[C@H]2[C@H](O[C@@H]3O[C@@H](C)[C@H](O)[C@@H](O)[C@@H]3O)[C@@H](O)[C@H](OCCc3ccc(O)c(OC)c3)O[C@@H]2CO[C@@H]2OC[C@](O)(CO)[C@H]2O)cc1O. The van der Waals surface area contributed by atoms with Crippen molar-refractivity contribution in [3.8, 4) is 23.0 Å². The van der Waals surface area contributed by atoms with Gasteiger partial charge in [0.25, 0.3) is 0 Å². The fourth-order valence-corrected chi connectivity index (χ4v) is 6.19. The Morgan fingerprint density at radius 3 is 2.27 bits per heavy atom. The number of methoxy groups -OCH3 is 2. The highest BCUT2D eigenvalue weighted by atomic mass is 16.8. The molecule has 3 fully saturated rings. The minimum Gasteiger partial charge on any atom is -0.504 e. The quantitative estimate of drug-likeness (QED) is 0.0701. The Kier molecular flexibility index (Phi) is 14.3. The lowest BCUT2D eigenvalue weighted by atomic mass is 9.96. The van der Waals surface area contributed by atoms with Gasteiger partial charge in [-0.05, 0) is 54.8 Å². The third kappa shape index (κ3) is 9.84. The smallest absolute Gasteiger partial charge is 0.331 e. The number of rotatable bonds is 15. The van der Waals surface area contributed by atoms with E-state index in [0.29, 0.717) is 11.1 Å². The molecule has 2 aromatic rings. The number of phenols is 2. The third-order valence-electron chi connectivity index (χ3n) is 9.50. The standard InChI is InChI=1S/C36H48O19/c1-17-26(41)27(42)28(43)34(52-17)55-31-29(44)33(49-11-10-19-4-7-20(38)23(13-19)48-3)53-24(14-50-35-32(45)36(46,15-37)16-51-35)30(31)54-25(40)9-6-18-5-8-22(47-2)21(39)12-18/h4-9,12-13,17,24,26-35,37-39,41-46H,10-11,14-16H2,1-3H3/b9-6-/t17-,24+,26-,27+,28-,29+,30+,31+,32-,33+,34-,35+,36+/m0/s1. The van der Waals surface area contributed by atoms with Crippen LogP contribution in [0.25, 0.3) is 6.08 Å². The predicted molar refractivity (Wildman–Crippen MR) is 184 cm³/mol. The highest BCUT2D eigenvalue weighted by Crippen LogP contribution is 2.34. The van der Waals surface area contributed by atoms with Gasteiger partial charge in [0.2, 0.25) is 0 Å². The Morgan fingerprint density at radius 1 is 0.855 bits per heavy atom. The van der Waals surface area contributed by atoms with Crippen LogP contribution in [-0.4, -0.2) is 172 Å². The maximum Gasteiger partial charge on any atom is 0.331 e. The monoisotopic (exact) mass is 784 g/mol. The number of phenolic OH excluding ortho intramolecular Hbond substituents is 2. The van der Waals surface area contributed by atoms with E-state index in [1.54, 1.807) is 18.2 Å². The Labute approximate surface area is 315 Å². The second kappa shape index (κ2) is 18.5. The van der Waals surface area contributed by atoms with Crippen LogP contribution in [0.4, 0.5) is 0 Å². The lowest BCUT2D eigenvalue weighted by molar-refractivity contribution is -0.360. The molecule has 0 spiro atoms. The Hall–Kier alpha value is -3.67. The van der Waals surface area contributed by atoms with E-state index in [4.69, 9.17) is 42.6 Å². The minimum absolute atomic E-state index is 0.0773. The average molecular weight is 785 g/mol. The molecule has 3 heterocycles. The van der Waals surface area contributed by atoms with Gasteiger partial charge in [0.05, 0.1) is 46.8 Å². The molecule has 0 aromatic heterocycles. The van der Waals surface area contributed by atoms with E-state index in [-0.39, 0.29) is 36.0 Å². The van der Waals surface area contributed by atoms with Crippen molar-refractivity contribution < 1.29 is 93.4 Å². The summed E-state index contributed by atoms with van der Waals surface area (Å²) < 4.78 is 50.7. The van der Waals surface area contributed by atoms with E-state index in [1.165, 1.54) is 45.4 Å². The van der Waals surface area contributed by atoms with Crippen LogP contribution in [0, 0.1) is 0 Å². The zero-order valence-electron chi connectivity index (χ0n) is 30.2. The second-order valence-electron chi connectivity index (χ2n) is 13.3. The highest BCUT2D eigenvalue weighted by molar-refractivity contribution is 5.87. The van der Waals surface area contributed by atoms with Crippen molar-refractivity contribution in [1.29, 1.82) is 0 Å². The van der Waals surface area contributed by atoms with Crippen molar-refractivity contribution in [1.82, 2.24) is 0 Å². The molecular formula is C36H48O19. The number of aliphatic hydroxyl groups is 7. The van der Waals surface area contributed by atoms with Gasteiger partial charge in [-0.1, -0.05) is 12.1 Å². The molecule has 19 heteroatoms. The lowest BCUT2D eigenvalue weighted by Crippen LogP contribution is -2.65. The van der Waals surface area contributed by atoms with Gasteiger partial charge in [-0.25, -0.2) is 4.79 Å². The van der Waals surface area contributed by atoms with Gasteiger partial charge in [-0.3, -0.25) is 0 Å². The van der Waals surface area contributed by atoms with Gasteiger partial charge in [0, 0.05) is 6.08 Å². The van der Waals surface area contributed by atoms with Gasteiger partial charge in [-0.2, -0.15) is 0 Å². The van der Waals surface area contributed by atoms with Gasteiger partial charge < -0.3 is 88.6 Å². The Morgan fingerprint density at radius 2 is 1.60 bits per heavy atom. The average Bonchev–Trinajstić information content (AvgIpc) is 3.46. The van der Waals surface area contributed by atoms with Crippen molar-refractivity contribution in [2.24, 2.45) is 0 Å². The van der Waals surface area contributed by atoms with Crippen molar-refractivity contribution in [3.63, 3.8) is 0 Å². The molecule has 2 aromatic carbocycles. The van der Waals surface area contributed by atoms with Crippen molar-refractivity contribution >= 4 is 12.0 Å². The summed E-state index contributed by atoms with van der Waals surface area (Å²) in [5, 5.41) is 94.0. The molecule has 0 saturated carbocycles. The molecule has 13 atom stereocenters. The summed E-state index contributed by atoms with van der Waals surface area (Å²) in [6, 6.07) is 9.00. The van der Waals surface area contributed by atoms with Crippen LogP contribution in [0.3, 0.4) is 0 Å². The van der Waals surface area contributed by atoms with Crippen LogP contribution in [0.15, 0.2) is 42.5 Å². The van der Waals surface area contributed by atoms with E-state index in [2.05, 4.69) is 0 Å². The zero-order valence-corrected chi connectivity index (χ0v) is 30.2. The van der Waals surface area contributed by atoms with Gasteiger partial charge >= 0.3 is 5.97 Å². The summed E-state index contributed by atoms with van der Waals surface area (Å²) in [5.41, 5.74) is -0.974. The first kappa shape index (κ1) is 42.5. The van der Waals surface area contributed by atoms with Crippen molar-refractivity contribution in [2.45, 2.75) is 92.8 Å². The maximum absolute atomic E-state index is 13.3. The number of benzene rings is 2. The largest absolute Gasteiger partial charge is 0.504 e. The summed E-state index contributed by atoms with van der Waals surface area (Å²) in [7, 11) is 2.76. The minimum atomic E-state index is -2.04. The van der Waals surface area contributed by atoms with Gasteiger partial charge in [-0.15, -0.1) is 0 Å². The van der Waals surface area contributed by atoms with E-state index in [9.17, 15) is 50.8 Å². The molecule has 0 amide bonds. The molecule has 0 bridgehead atoms. The Bertz CT molecular complexity index is 1610. The fraction of sp³-hybridized carbons (Fsp3) is 0.583. The van der Waals surface area contributed by atoms with Gasteiger partial charge in [0.15, 0.2) is 48.0 Å². The number of carbonyl (C=O) groups excluding carboxylic acids is 1. The molecule has 3 saturated heterocycles. The molecule has 5 rings (SSSR count). The summed E-state index contributed by atoms with van der Waals surface area (Å²) in [4.78, 5) is 13.3. The van der Waals surface area contributed by atoms with E-state index >= 15 is 0 Å². The van der Waals surface area contributed by atoms with Crippen LogP contribution in [-0.2, 0) is 44.4 Å². The molecule has 3 aliphatic rings. The van der Waals surface area contributed by atoms with Crippen LogP contribution in [0.2, 0.25) is 0 Å². The molecule has 0 radical (unpaired) electrons. The zero-order chi connectivity index (χ0) is 40.0. The summed E-state index contributed by atoms with van der Waals surface area (Å²) >= 11 is 0. The number of hydrogen-bond donors (Lipinski definition) is 9. The topological polar surface area (TPSA) is 282 Å². The molecule has 9 N–H and O–H groups in total. The van der Waals surface area contributed by atoms with Crippen molar-refractivity contribution in [2.75, 3.05) is 40.6 Å². The first-order valence-electron chi connectivity index (χ1n) is 17.4. The lowest BCUT2D eigenvalue weighted by Gasteiger charge is -2.46. The summed E-state index contributed by atoms with van der Waals surface area (Å²) in [5.74, 6) is -0.859. The summed E-state index contributed by atoms with van der Waals surface area (Å²) in [6.45, 7) is -0.565. The third-order valence-corrected chi connectivity index (χ3v) is 9.50. The van der Waals surface area contributed by atoms with E-state index < -0.39 is 105 Å². The first-order valence-corrected chi connectivity index (χ1v) is 17.4. The summed E-state index contributed by atoms with van der Waals surface area (Å²) in [6.07, 6.45) is -16.4. The van der Waals surface area contributed by atoms with Crippen LogP contribution >= 0.6 is 0 Å². The number of ether oxygens (including phenoxy) is 9. The molecular weight excluding hydrogens is 736 g/mol. The number of hydrogen-bond acceptors (Lipinski definition) is 19. The van der Waals surface area contributed by atoms with Crippen molar-refractivity contribution in [3.05, 3.63) is 53.6 Å². The van der Waals surface area contributed by atoms with E-state index in [1.807, 2.05) is 0 Å². The highest BCUT2D eigenvalue weighted by Gasteiger charge is 2.54. The number of carbonyl (C=O) groups is 1. The first-order chi connectivity index (χ1) is 26.2. The molecule has 19 nitrogen and oxygen atoms in total. The number of esters is 1. The molecule has 55 heavy (non-hydrogen) atoms. The molecule has 3 aliphatic heterocycles. The van der Waals surface area contributed by atoms with E-state index in [0.717, 1.165) is 6.08 Å². The predicted octanol–water partition coefficient (Wildman–Crippen LogP) is -1.94. The van der Waals surface area contributed by atoms with Crippen LogP contribution < -0.4 is 9.47 Å². The number of aromatic hydroxyl groups is 2. The number of aliphatic hydroxyl groups excluding tert-OH is 6. The van der Waals surface area contributed by atoms with Crippen LogP contribution in [0.5, 0.6) is 23.0 Å². The fourth-order valence-electron chi connectivity index (χ4n) is 6.19. The molecule has 0 unspecified atom stereocenters. The second-order valence-corrected chi connectivity index (χ2v) is 13.3. The van der Waals surface area contributed by atoms with Crippen LogP contribution in [0.1, 0.15) is 18.1 Å².